The minimum atomic E-state index is -0.456. The lowest BCUT2D eigenvalue weighted by molar-refractivity contribution is 0.0600. The van der Waals surface area contributed by atoms with E-state index < -0.39 is 5.97 Å². The van der Waals surface area contributed by atoms with Crippen molar-refractivity contribution in [1.29, 1.82) is 5.26 Å². The summed E-state index contributed by atoms with van der Waals surface area (Å²) in [4.78, 5) is 15.0. The number of nitriles is 1. The van der Waals surface area contributed by atoms with Gasteiger partial charge in [-0.25, -0.2) is 9.78 Å². The van der Waals surface area contributed by atoms with Crippen LogP contribution in [0.5, 0.6) is 0 Å². The van der Waals surface area contributed by atoms with E-state index in [-0.39, 0.29) is 5.69 Å². The minimum absolute atomic E-state index is 0.223. The van der Waals surface area contributed by atoms with Crippen LogP contribution in [-0.2, 0) is 4.74 Å². The highest BCUT2D eigenvalue weighted by molar-refractivity contribution is 5.89. The third-order valence-electron chi connectivity index (χ3n) is 1.49. The highest BCUT2D eigenvalue weighted by Gasteiger charge is 2.07. The number of nitrogens with zero attached hydrogens (tertiary/aromatic N) is 2. The van der Waals surface area contributed by atoms with E-state index in [2.05, 4.69) is 9.72 Å². The highest BCUT2D eigenvalue weighted by atomic mass is 16.5. The van der Waals surface area contributed by atoms with Gasteiger partial charge in [-0.2, -0.15) is 5.26 Å². The van der Waals surface area contributed by atoms with Crippen LogP contribution in [0.1, 0.15) is 35.6 Å². The Balaban J connectivity index is 0.000000921. The van der Waals surface area contributed by atoms with Crippen molar-refractivity contribution in [2.24, 2.45) is 0 Å². The summed E-state index contributed by atoms with van der Waals surface area (Å²) >= 11 is 0. The van der Waals surface area contributed by atoms with E-state index in [0.29, 0.717) is 11.3 Å². The standard InChI is InChI=1S/C9H8N2O2.C2H6/c1-6-3-7(9(12)13-2)4-8(5-10)11-6;1-2/h3-4H,1-2H3;1-2H3. The summed E-state index contributed by atoms with van der Waals surface area (Å²) in [7, 11) is 1.30. The Bertz CT molecular complexity index is 381. The molecule has 0 bridgehead atoms. The molecule has 0 N–H and O–H groups in total. The van der Waals surface area contributed by atoms with Crippen LogP contribution >= 0.6 is 0 Å². The first kappa shape index (κ1) is 13.1. The Hall–Kier alpha value is -1.89. The van der Waals surface area contributed by atoms with Gasteiger partial charge in [-0.05, 0) is 19.1 Å². The van der Waals surface area contributed by atoms with Crippen LogP contribution in [0.2, 0.25) is 0 Å². The Morgan fingerprint density at radius 1 is 1.47 bits per heavy atom. The molecule has 4 heteroatoms. The van der Waals surface area contributed by atoms with Gasteiger partial charge in [-0.1, -0.05) is 13.8 Å². The van der Waals surface area contributed by atoms with Crippen molar-refractivity contribution in [3.63, 3.8) is 0 Å². The quantitative estimate of drug-likeness (QED) is 0.660. The molecule has 0 saturated carbocycles. The second kappa shape index (κ2) is 6.55. The largest absolute Gasteiger partial charge is 0.465 e. The van der Waals surface area contributed by atoms with Crippen molar-refractivity contribution in [3.8, 4) is 6.07 Å². The minimum Gasteiger partial charge on any atom is -0.465 e. The summed E-state index contributed by atoms with van der Waals surface area (Å²) < 4.78 is 4.51. The van der Waals surface area contributed by atoms with Gasteiger partial charge in [-0.3, -0.25) is 0 Å². The van der Waals surface area contributed by atoms with Gasteiger partial charge in [0.1, 0.15) is 11.8 Å². The number of hydrogen-bond acceptors (Lipinski definition) is 4. The zero-order chi connectivity index (χ0) is 11.8. The Kier molecular flexibility index (Phi) is 5.72. The van der Waals surface area contributed by atoms with Gasteiger partial charge < -0.3 is 4.74 Å². The van der Waals surface area contributed by atoms with Crippen molar-refractivity contribution in [2.75, 3.05) is 7.11 Å². The van der Waals surface area contributed by atoms with E-state index in [0.717, 1.165) is 0 Å². The Labute approximate surface area is 89.5 Å². The van der Waals surface area contributed by atoms with Gasteiger partial charge in [0, 0.05) is 5.69 Å². The van der Waals surface area contributed by atoms with E-state index >= 15 is 0 Å². The maximum absolute atomic E-state index is 11.1. The summed E-state index contributed by atoms with van der Waals surface area (Å²) in [5.74, 6) is -0.456. The zero-order valence-electron chi connectivity index (χ0n) is 9.37. The lowest BCUT2D eigenvalue weighted by Gasteiger charge is -2.00. The fraction of sp³-hybridized carbons (Fsp3) is 0.364. The van der Waals surface area contributed by atoms with E-state index in [1.54, 1.807) is 13.0 Å². The molecule has 0 radical (unpaired) electrons. The number of methoxy groups -OCH3 is 1. The first-order chi connectivity index (χ1) is 7.17. The molecule has 0 saturated heterocycles. The number of aromatic nitrogens is 1. The molecule has 1 aromatic rings. The number of hydrogen-bond donors (Lipinski definition) is 0. The molecule has 0 aliphatic rings. The Morgan fingerprint density at radius 2 is 2.07 bits per heavy atom. The predicted molar refractivity (Wildman–Crippen MR) is 56.4 cm³/mol. The number of ether oxygens (including phenoxy) is 1. The SMILES string of the molecule is CC.COC(=O)c1cc(C)nc(C#N)c1. The second-order valence-electron chi connectivity index (χ2n) is 2.49. The van der Waals surface area contributed by atoms with E-state index in [1.807, 2.05) is 19.9 Å². The summed E-state index contributed by atoms with van der Waals surface area (Å²) in [6.07, 6.45) is 0. The van der Waals surface area contributed by atoms with Crippen molar-refractivity contribution in [2.45, 2.75) is 20.8 Å². The molecule has 0 fully saturated rings. The molecule has 0 aliphatic carbocycles. The second-order valence-corrected chi connectivity index (χ2v) is 2.49. The van der Waals surface area contributed by atoms with E-state index in [9.17, 15) is 4.79 Å². The number of esters is 1. The van der Waals surface area contributed by atoms with Crippen LogP contribution in [0.3, 0.4) is 0 Å². The van der Waals surface area contributed by atoms with E-state index in [4.69, 9.17) is 5.26 Å². The van der Waals surface area contributed by atoms with Gasteiger partial charge in [-0.15, -0.1) is 0 Å². The molecular formula is C11H14N2O2. The summed E-state index contributed by atoms with van der Waals surface area (Å²) in [5.41, 5.74) is 1.20. The summed E-state index contributed by atoms with van der Waals surface area (Å²) in [6, 6.07) is 4.85. The first-order valence-electron chi connectivity index (χ1n) is 4.64. The third kappa shape index (κ3) is 3.77. The molecule has 0 aliphatic heterocycles. The maximum atomic E-state index is 11.1. The zero-order valence-corrected chi connectivity index (χ0v) is 9.37. The topological polar surface area (TPSA) is 63.0 Å². The molecule has 0 spiro atoms. The average molecular weight is 206 g/mol. The van der Waals surface area contributed by atoms with Crippen molar-refractivity contribution in [1.82, 2.24) is 4.98 Å². The molecule has 1 rings (SSSR count). The predicted octanol–water partition coefficient (Wildman–Crippen LogP) is 2.07. The lowest BCUT2D eigenvalue weighted by Crippen LogP contribution is -2.03. The molecule has 0 amide bonds. The van der Waals surface area contributed by atoms with Gasteiger partial charge in [0.05, 0.1) is 12.7 Å². The van der Waals surface area contributed by atoms with Crippen LogP contribution in [0, 0.1) is 18.3 Å². The van der Waals surface area contributed by atoms with Crippen molar-refractivity contribution in [3.05, 3.63) is 29.1 Å². The fourth-order valence-electron chi connectivity index (χ4n) is 0.962. The van der Waals surface area contributed by atoms with Crippen LogP contribution < -0.4 is 0 Å². The van der Waals surface area contributed by atoms with E-state index in [1.165, 1.54) is 13.2 Å². The number of carbonyl (C=O) groups excluding carboxylic acids is 1. The molecule has 15 heavy (non-hydrogen) atoms. The van der Waals surface area contributed by atoms with Gasteiger partial charge in [0.15, 0.2) is 0 Å². The van der Waals surface area contributed by atoms with Crippen molar-refractivity contribution < 1.29 is 9.53 Å². The summed E-state index contributed by atoms with van der Waals surface area (Å²) in [5, 5.41) is 8.58. The molecule has 1 heterocycles. The van der Waals surface area contributed by atoms with Gasteiger partial charge in [0.25, 0.3) is 0 Å². The molecule has 1 aromatic heterocycles. The first-order valence-corrected chi connectivity index (χ1v) is 4.64. The third-order valence-corrected chi connectivity index (χ3v) is 1.49. The maximum Gasteiger partial charge on any atom is 0.338 e. The monoisotopic (exact) mass is 206 g/mol. The van der Waals surface area contributed by atoms with Gasteiger partial charge >= 0.3 is 5.97 Å². The normalized spacial score (nSPS) is 8.20. The molecule has 4 nitrogen and oxygen atoms in total. The van der Waals surface area contributed by atoms with Crippen molar-refractivity contribution >= 4 is 5.97 Å². The summed E-state index contributed by atoms with van der Waals surface area (Å²) in [6.45, 7) is 5.72. The molecule has 0 atom stereocenters. The van der Waals surface area contributed by atoms with Crippen LogP contribution in [0.4, 0.5) is 0 Å². The molecule has 0 unspecified atom stereocenters. The average Bonchev–Trinajstić information content (AvgIpc) is 2.29. The number of pyridine rings is 1. The molecular weight excluding hydrogens is 192 g/mol. The number of rotatable bonds is 1. The van der Waals surface area contributed by atoms with Crippen LogP contribution in [-0.4, -0.2) is 18.1 Å². The molecule has 80 valence electrons. The van der Waals surface area contributed by atoms with Crippen LogP contribution in [0.25, 0.3) is 0 Å². The van der Waals surface area contributed by atoms with Crippen LogP contribution in [0.15, 0.2) is 12.1 Å². The number of carbonyl (C=O) groups is 1. The highest BCUT2D eigenvalue weighted by Crippen LogP contribution is 2.05. The fourth-order valence-corrected chi connectivity index (χ4v) is 0.962. The number of aryl methyl sites for hydroxylation is 1. The molecule has 0 aromatic carbocycles. The smallest absolute Gasteiger partial charge is 0.338 e. The lowest BCUT2D eigenvalue weighted by atomic mass is 10.2. The van der Waals surface area contributed by atoms with Gasteiger partial charge in [0.2, 0.25) is 0 Å². The Morgan fingerprint density at radius 3 is 2.53 bits per heavy atom.